The second kappa shape index (κ2) is 9.13. The number of carbonyl (C=O) groups is 1. The lowest BCUT2D eigenvalue weighted by Crippen LogP contribution is -2.40. The fourth-order valence-corrected chi connectivity index (χ4v) is 4.03. The number of halogens is 6. The van der Waals surface area contributed by atoms with E-state index < -0.39 is 11.7 Å². The van der Waals surface area contributed by atoms with E-state index in [2.05, 4.69) is 10.2 Å². The Kier molecular flexibility index (Phi) is 6.99. The summed E-state index contributed by atoms with van der Waals surface area (Å²) in [5.74, 6) is -0.739. The van der Waals surface area contributed by atoms with Crippen molar-refractivity contribution in [2.24, 2.45) is 5.92 Å². The van der Waals surface area contributed by atoms with E-state index in [1.807, 2.05) is 0 Å². The zero-order chi connectivity index (χ0) is 21.2. The second-order valence-electron chi connectivity index (χ2n) is 6.96. The van der Waals surface area contributed by atoms with Gasteiger partial charge in [-0.05, 0) is 49.7 Å². The van der Waals surface area contributed by atoms with E-state index in [-0.39, 0.29) is 22.5 Å². The molecule has 2 aromatic rings. The average molecular weight is 466 g/mol. The molecule has 1 atom stereocenters. The molecule has 156 valence electrons. The molecular formula is C20H18Cl3F3N2O. The molecule has 0 bridgehead atoms. The highest BCUT2D eigenvalue weighted by atomic mass is 35.5. The molecule has 0 aliphatic carbocycles. The fourth-order valence-electron chi connectivity index (χ4n) is 3.35. The number of carbonyl (C=O) groups excluding carboxylic acids is 1. The third-order valence-electron chi connectivity index (χ3n) is 4.87. The Morgan fingerprint density at radius 2 is 1.79 bits per heavy atom. The lowest BCUT2D eigenvalue weighted by Gasteiger charge is -2.32. The van der Waals surface area contributed by atoms with Crippen LogP contribution in [0.4, 0.5) is 18.9 Å². The zero-order valence-electron chi connectivity index (χ0n) is 15.2. The highest BCUT2D eigenvalue weighted by molar-refractivity contribution is 6.36. The van der Waals surface area contributed by atoms with Crippen molar-refractivity contribution in [1.82, 2.24) is 4.90 Å². The van der Waals surface area contributed by atoms with Gasteiger partial charge in [-0.1, -0.05) is 40.9 Å². The van der Waals surface area contributed by atoms with Crippen LogP contribution in [-0.2, 0) is 17.5 Å². The second-order valence-corrected chi connectivity index (χ2v) is 8.18. The Bertz CT molecular complexity index is 885. The van der Waals surface area contributed by atoms with Gasteiger partial charge in [-0.2, -0.15) is 13.2 Å². The minimum atomic E-state index is -4.51. The monoisotopic (exact) mass is 464 g/mol. The fraction of sp³-hybridized carbons (Fsp3) is 0.350. The van der Waals surface area contributed by atoms with Gasteiger partial charge < -0.3 is 5.32 Å². The lowest BCUT2D eigenvalue weighted by atomic mass is 9.96. The van der Waals surface area contributed by atoms with Crippen LogP contribution in [0.5, 0.6) is 0 Å². The molecule has 3 rings (SSSR count). The first kappa shape index (κ1) is 22.2. The summed E-state index contributed by atoms with van der Waals surface area (Å²) in [4.78, 5) is 14.7. The minimum Gasteiger partial charge on any atom is -0.324 e. The smallest absolute Gasteiger partial charge is 0.324 e. The molecule has 1 aliphatic heterocycles. The van der Waals surface area contributed by atoms with Crippen LogP contribution in [0.3, 0.4) is 0 Å². The van der Waals surface area contributed by atoms with Crippen molar-refractivity contribution in [3.63, 3.8) is 0 Å². The van der Waals surface area contributed by atoms with Crippen LogP contribution in [0.15, 0.2) is 36.4 Å². The van der Waals surface area contributed by atoms with E-state index >= 15 is 0 Å². The highest BCUT2D eigenvalue weighted by Gasteiger charge is 2.32. The van der Waals surface area contributed by atoms with Crippen LogP contribution in [0.1, 0.15) is 24.0 Å². The predicted molar refractivity (Wildman–Crippen MR) is 110 cm³/mol. The molecule has 1 saturated heterocycles. The summed E-state index contributed by atoms with van der Waals surface area (Å²) in [6, 6.07) is 8.14. The van der Waals surface area contributed by atoms with Gasteiger partial charge in [0.1, 0.15) is 0 Å². The third kappa shape index (κ3) is 5.57. The number of anilines is 1. The van der Waals surface area contributed by atoms with Crippen molar-refractivity contribution in [2.75, 3.05) is 18.4 Å². The van der Waals surface area contributed by atoms with Crippen molar-refractivity contribution >= 4 is 46.4 Å². The summed E-state index contributed by atoms with van der Waals surface area (Å²) in [5.41, 5.74) is -0.119. The van der Waals surface area contributed by atoms with Gasteiger partial charge in [-0.15, -0.1) is 0 Å². The van der Waals surface area contributed by atoms with Crippen LogP contribution in [0, 0.1) is 5.92 Å². The lowest BCUT2D eigenvalue weighted by molar-refractivity contribution is -0.137. The maximum Gasteiger partial charge on any atom is 0.416 e. The predicted octanol–water partition coefficient (Wildman–Crippen LogP) is 6.52. The molecule has 1 heterocycles. The summed E-state index contributed by atoms with van der Waals surface area (Å²) in [6.07, 6.45) is -3.11. The van der Waals surface area contributed by atoms with Gasteiger partial charge in [0.15, 0.2) is 0 Å². The summed E-state index contributed by atoms with van der Waals surface area (Å²) in [7, 11) is 0. The maximum atomic E-state index is 12.9. The standard InChI is InChI=1S/C20H18Cl3F3N2O/c21-15-4-1-5-16(22)14(15)11-28-8-2-3-12(10-28)19(29)27-18-9-13(20(24,25)26)6-7-17(18)23/h1,4-7,9,12H,2-3,8,10-11H2,(H,27,29). The molecule has 2 aromatic carbocycles. The quantitative estimate of drug-likeness (QED) is 0.558. The number of benzene rings is 2. The van der Waals surface area contributed by atoms with Gasteiger partial charge in [0.05, 0.1) is 22.2 Å². The summed E-state index contributed by atoms with van der Waals surface area (Å²) >= 11 is 18.4. The number of hydrogen-bond donors (Lipinski definition) is 1. The topological polar surface area (TPSA) is 32.3 Å². The van der Waals surface area contributed by atoms with Gasteiger partial charge in [-0.25, -0.2) is 0 Å². The van der Waals surface area contributed by atoms with Crippen molar-refractivity contribution in [3.8, 4) is 0 Å². The molecule has 0 radical (unpaired) electrons. The van der Waals surface area contributed by atoms with Gasteiger partial charge in [0, 0.05) is 28.7 Å². The van der Waals surface area contributed by atoms with Crippen molar-refractivity contribution in [3.05, 3.63) is 62.6 Å². The SMILES string of the molecule is O=C(Nc1cc(C(F)(F)F)ccc1Cl)C1CCCN(Cc2c(Cl)cccc2Cl)C1. The van der Waals surface area contributed by atoms with Crippen molar-refractivity contribution in [1.29, 1.82) is 0 Å². The largest absolute Gasteiger partial charge is 0.416 e. The first-order valence-electron chi connectivity index (χ1n) is 8.98. The number of likely N-dealkylation sites (tertiary alicyclic amines) is 1. The number of hydrogen-bond acceptors (Lipinski definition) is 2. The molecule has 1 fully saturated rings. The minimum absolute atomic E-state index is 0.0437. The molecule has 1 N–H and O–H groups in total. The molecule has 1 aliphatic rings. The zero-order valence-corrected chi connectivity index (χ0v) is 17.5. The van der Waals surface area contributed by atoms with Gasteiger partial charge in [0.2, 0.25) is 5.91 Å². The summed E-state index contributed by atoms with van der Waals surface area (Å²) in [5, 5.41) is 3.72. The Hall–Kier alpha value is -1.47. The number of rotatable bonds is 4. The van der Waals surface area contributed by atoms with E-state index in [0.717, 1.165) is 36.7 Å². The van der Waals surface area contributed by atoms with Gasteiger partial charge in [-0.3, -0.25) is 9.69 Å². The molecule has 0 spiro atoms. The number of piperidine rings is 1. The molecule has 0 aromatic heterocycles. The third-order valence-corrected chi connectivity index (χ3v) is 5.91. The molecule has 1 amide bonds. The number of nitrogens with one attached hydrogen (secondary N) is 1. The summed E-state index contributed by atoms with van der Waals surface area (Å²) < 4.78 is 38.8. The van der Waals surface area contributed by atoms with Crippen LogP contribution < -0.4 is 5.32 Å². The van der Waals surface area contributed by atoms with E-state index in [0.29, 0.717) is 29.6 Å². The van der Waals surface area contributed by atoms with Gasteiger partial charge >= 0.3 is 6.18 Å². The van der Waals surface area contributed by atoms with Crippen LogP contribution in [-0.4, -0.2) is 23.9 Å². The average Bonchev–Trinajstić information content (AvgIpc) is 2.66. The molecule has 3 nitrogen and oxygen atoms in total. The van der Waals surface area contributed by atoms with Gasteiger partial charge in [0.25, 0.3) is 0 Å². The molecule has 1 unspecified atom stereocenters. The van der Waals surface area contributed by atoms with Crippen LogP contribution in [0.2, 0.25) is 15.1 Å². The van der Waals surface area contributed by atoms with E-state index in [9.17, 15) is 18.0 Å². The van der Waals surface area contributed by atoms with E-state index in [1.54, 1.807) is 18.2 Å². The Labute approximate surface area is 181 Å². The normalized spacial score (nSPS) is 17.9. The van der Waals surface area contributed by atoms with Crippen LogP contribution in [0.25, 0.3) is 0 Å². The molecule has 9 heteroatoms. The number of amides is 1. The molecular weight excluding hydrogens is 448 g/mol. The van der Waals surface area contributed by atoms with Crippen molar-refractivity contribution in [2.45, 2.75) is 25.6 Å². The van der Waals surface area contributed by atoms with Crippen molar-refractivity contribution < 1.29 is 18.0 Å². The summed E-state index contributed by atoms with van der Waals surface area (Å²) in [6.45, 7) is 1.71. The Balaban J connectivity index is 1.69. The maximum absolute atomic E-state index is 12.9. The first-order chi connectivity index (χ1) is 13.6. The highest BCUT2D eigenvalue weighted by Crippen LogP contribution is 2.34. The molecule has 0 saturated carbocycles. The number of alkyl halides is 3. The molecule has 29 heavy (non-hydrogen) atoms. The first-order valence-corrected chi connectivity index (χ1v) is 10.1. The van der Waals surface area contributed by atoms with Crippen LogP contribution >= 0.6 is 34.8 Å². The Morgan fingerprint density at radius 3 is 2.45 bits per heavy atom. The Morgan fingerprint density at radius 1 is 1.10 bits per heavy atom. The van der Waals surface area contributed by atoms with E-state index in [4.69, 9.17) is 34.8 Å². The number of nitrogens with zero attached hydrogens (tertiary/aromatic N) is 1. The van der Waals surface area contributed by atoms with E-state index in [1.165, 1.54) is 0 Å².